The van der Waals surface area contributed by atoms with E-state index in [1.54, 1.807) is 11.0 Å². The topological polar surface area (TPSA) is 86.8 Å². The van der Waals surface area contributed by atoms with Gasteiger partial charge in [0.15, 0.2) is 0 Å². The normalized spacial score (nSPS) is 19.7. The third-order valence-electron chi connectivity index (χ3n) is 6.71. The first-order valence-corrected chi connectivity index (χ1v) is 13.2. The number of nitrogens with one attached hydrogen (secondary N) is 1. The van der Waals surface area contributed by atoms with E-state index in [2.05, 4.69) is 5.32 Å². The van der Waals surface area contributed by atoms with E-state index in [1.165, 1.54) is 10.7 Å². The number of nitrogens with zero attached hydrogens (tertiary/aromatic N) is 2. The number of hydrogen-bond donors (Lipinski definition) is 1. The van der Waals surface area contributed by atoms with Crippen LogP contribution in [0, 0.1) is 25.7 Å². The summed E-state index contributed by atoms with van der Waals surface area (Å²) < 4.78 is 27.7. The highest BCUT2D eigenvalue weighted by Crippen LogP contribution is 2.25. The molecule has 0 radical (unpaired) electrons. The highest BCUT2D eigenvalue weighted by atomic mass is 32.2. The summed E-state index contributed by atoms with van der Waals surface area (Å²) in [6.45, 7) is 8.77. The molecular formula is C24H37N3O4S. The molecule has 0 bridgehead atoms. The van der Waals surface area contributed by atoms with Gasteiger partial charge in [-0.05, 0) is 44.2 Å². The third-order valence-corrected chi connectivity index (χ3v) is 8.76. The first-order chi connectivity index (χ1) is 15.1. The van der Waals surface area contributed by atoms with E-state index in [9.17, 15) is 18.0 Å². The maximum absolute atomic E-state index is 13.2. The van der Waals surface area contributed by atoms with Crippen molar-refractivity contribution in [2.75, 3.05) is 26.2 Å². The number of aryl methyl sites for hydroxylation is 2. The molecule has 1 atom stereocenters. The number of hydrogen-bond acceptors (Lipinski definition) is 4. The zero-order chi connectivity index (χ0) is 23.5. The zero-order valence-electron chi connectivity index (χ0n) is 19.8. The van der Waals surface area contributed by atoms with E-state index in [1.807, 2.05) is 39.8 Å². The number of sulfonamides is 1. The van der Waals surface area contributed by atoms with Crippen LogP contribution in [0.1, 0.15) is 57.1 Å². The molecule has 1 aromatic rings. The van der Waals surface area contributed by atoms with Crippen molar-refractivity contribution >= 4 is 21.8 Å². The van der Waals surface area contributed by atoms with E-state index < -0.39 is 16.1 Å². The Morgan fingerprint density at radius 3 is 2.19 bits per heavy atom. The van der Waals surface area contributed by atoms with Crippen LogP contribution in [0.3, 0.4) is 0 Å². The van der Waals surface area contributed by atoms with Gasteiger partial charge in [0.1, 0.15) is 6.04 Å². The lowest BCUT2D eigenvalue weighted by Gasteiger charge is -2.37. The van der Waals surface area contributed by atoms with Crippen LogP contribution in [0.25, 0.3) is 0 Å². The molecule has 32 heavy (non-hydrogen) atoms. The zero-order valence-corrected chi connectivity index (χ0v) is 20.6. The average Bonchev–Trinajstić information content (AvgIpc) is 2.77. The summed E-state index contributed by atoms with van der Waals surface area (Å²) in [6.07, 6.45) is 5.08. The van der Waals surface area contributed by atoms with Crippen molar-refractivity contribution in [1.82, 2.24) is 14.5 Å². The van der Waals surface area contributed by atoms with Gasteiger partial charge in [0, 0.05) is 32.1 Å². The molecular weight excluding hydrogens is 426 g/mol. The fourth-order valence-corrected chi connectivity index (χ4v) is 6.35. The van der Waals surface area contributed by atoms with Crippen molar-refractivity contribution in [1.29, 1.82) is 0 Å². The fraction of sp³-hybridized carbons (Fsp3) is 0.667. The highest BCUT2D eigenvalue weighted by molar-refractivity contribution is 7.89. The number of carbonyl (C=O) groups excluding carboxylic acids is 2. The molecule has 1 N–H and O–H groups in total. The van der Waals surface area contributed by atoms with E-state index >= 15 is 0 Å². The van der Waals surface area contributed by atoms with Crippen molar-refractivity contribution in [3.05, 3.63) is 29.3 Å². The first-order valence-electron chi connectivity index (χ1n) is 11.8. The molecule has 8 heteroatoms. The highest BCUT2D eigenvalue weighted by Gasteiger charge is 2.35. The predicted octanol–water partition coefficient (Wildman–Crippen LogP) is 2.86. The van der Waals surface area contributed by atoms with Crippen molar-refractivity contribution in [2.24, 2.45) is 11.8 Å². The average molecular weight is 464 g/mol. The Morgan fingerprint density at radius 2 is 1.62 bits per heavy atom. The second-order valence-electron chi connectivity index (χ2n) is 9.56. The molecule has 1 aliphatic heterocycles. The molecule has 1 aromatic carbocycles. The minimum atomic E-state index is -3.60. The lowest BCUT2D eigenvalue weighted by molar-refractivity contribution is -0.139. The molecule has 2 amide bonds. The van der Waals surface area contributed by atoms with Gasteiger partial charge >= 0.3 is 0 Å². The summed E-state index contributed by atoms with van der Waals surface area (Å²) in [6, 6.07) is 4.76. The van der Waals surface area contributed by atoms with Gasteiger partial charge in [-0.3, -0.25) is 9.59 Å². The minimum absolute atomic E-state index is 0.00228. The lowest BCUT2D eigenvalue weighted by Crippen LogP contribution is -2.57. The summed E-state index contributed by atoms with van der Waals surface area (Å²) in [5, 5.41) is 3.00. The largest absolute Gasteiger partial charge is 0.344 e. The molecule has 2 fully saturated rings. The lowest BCUT2D eigenvalue weighted by atomic mass is 9.88. The van der Waals surface area contributed by atoms with Crippen molar-refractivity contribution in [3.8, 4) is 0 Å². The second-order valence-corrected chi connectivity index (χ2v) is 11.5. The molecule has 1 saturated heterocycles. The van der Waals surface area contributed by atoms with Gasteiger partial charge in [-0.1, -0.05) is 50.8 Å². The van der Waals surface area contributed by atoms with Crippen LogP contribution in [0.4, 0.5) is 0 Å². The molecule has 1 heterocycles. The Hall–Kier alpha value is -1.93. The van der Waals surface area contributed by atoms with E-state index in [0.717, 1.165) is 36.8 Å². The van der Waals surface area contributed by atoms with Gasteiger partial charge in [0.2, 0.25) is 21.8 Å². The third kappa shape index (κ3) is 5.52. The van der Waals surface area contributed by atoms with Crippen LogP contribution in [-0.4, -0.2) is 61.7 Å². The molecule has 0 unspecified atom stereocenters. The number of carbonyl (C=O) groups is 2. The second kappa shape index (κ2) is 10.3. The van der Waals surface area contributed by atoms with Crippen LogP contribution in [0.5, 0.6) is 0 Å². The van der Waals surface area contributed by atoms with Crippen LogP contribution in [-0.2, 0) is 19.6 Å². The standard InChI is InChI=1S/C24H37N3O4S/c1-17(2)22(25-23(28)20-8-6-5-7-9-20)24(29)26-12-14-27(15-13-26)32(30,31)21-11-10-18(3)16-19(21)4/h10-11,16-17,20,22H,5-9,12-15H2,1-4H3,(H,25,28)/t22-/m0/s1. The molecule has 2 aliphatic rings. The van der Waals surface area contributed by atoms with Crippen LogP contribution < -0.4 is 5.32 Å². The molecule has 1 saturated carbocycles. The Morgan fingerprint density at radius 1 is 1.00 bits per heavy atom. The molecule has 0 spiro atoms. The maximum Gasteiger partial charge on any atom is 0.245 e. The quantitative estimate of drug-likeness (QED) is 0.703. The predicted molar refractivity (Wildman–Crippen MR) is 125 cm³/mol. The Balaban J connectivity index is 1.63. The van der Waals surface area contributed by atoms with Crippen molar-refractivity contribution in [2.45, 2.75) is 70.7 Å². The molecule has 1 aliphatic carbocycles. The molecule has 0 aromatic heterocycles. The summed E-state index contributed by atoms with van der Waals surface area (Å²) in [5.41, 5.74) is 1.75. The van der Waals surface area contributed by atoms with Crippen LogP contribution >= 0.6 is 0 Å². The van der Waals surface area contributed by atoms with Gasteiger partial charge in [0.25, 0.3) is 0 Å². The van der Waals surface area contributed by atoms with Crippen molar-refractivity contribution in [3.63, 3.8) is 0 Å². The Labute approximate surface area is 192 Å². The monoisotopic (exact) mass is 463 g/mol. The Kier molecular flexibility index (Phi) is 7.98. The van der Waals surface area contributed by atoms with Gasteiger partial charge in [-0.2, -0.15) is 4.31 Å². The van der Waals surface area contributed by atoms with Gasteiger partial charge < -0.3 is 10.2 Å². The van der Waals surface area contributed by atoms with E-state index in [-0.39, 0.29) is 36.7 Å². The first kappa shape index (κ1) is 24.7. The minimum Gasteiger partial charge on any atom is -0.344 e. The Bertz CT molecular complexity index is 931. The van der Waals surface area contributed by atoms with E-state index in [0.29, 0.717) is 18.0 Å². The summed E-state index contributed by atoms with van der Waals surface area (Å²) in [7, 11) is -3.60. The molecule has 3 rings (SSSR count). The van der Waals surface area contributed by atoms with Crippen LogP contribution in [0.2, 0.25) is 0 Å². The SMILES string of the molecule is Cc1ccc(S(=O)(=O)N2CCN(C(=O)[C@@H](NC(=O)C3CCCCC3)C(C)C)CC2)c(C)c1. The fourth-order valence-electron chi connectivity index (χ4n) is 4.72. The van der Waals surface area contributed by atoms with Crippen molar-refractivity contribution < 1.29 is 18.0 Å². The molecule has 178 valence electrons. The van der Waals surface area contributed by atoms with Crippen LogP contribution in [0.15, 0.2) is 23.1 Å². The number of rotatable bonds is 6. The number of piperazine rings is 1. The van der Waals surface area contributed by atoms with Gasteiger partial charge in [0.05, 0.1) is 4.90 Å². The number of benzene rings is 1. The number of amides is 2. The van der Waals surface area contributed by atoms with Gasteiger partial charge in [-0.15, -0.1) is 0 Å². The summed E-state index contributed by atoms with van der Waals surface area (Å²) in [4.78, 5) is 28.0. The van der Waals surface area contributed by atoms with Gasteiger partial charge in [-0.25, -0.2) is 8.42 Å². The maximum atomic E-state index is 13.2. The summed E-state index contributed by atoms with van der Waals surface area (Å²) in [5.74, 6) is -0.176. The van der Waals surface area contributed by atoms with E-state index in [4.69, 9.17) is 0 Å². The molecule has 7 nitrogen and oxygen atoms in total. The summed E-state index contributed by atoms with van der Waals surface area (Å²) >= 11 is 0. The smallest absolute Gasteiger partial charge is 0.245 e.